The van der Waals surface area contributed by atoms with Crippen LogP contribution in [0.5, 0.6) is 0 Å². The molecule has 0 radical (unpaired) electrons. The summed E-state index contributed by atoms with van der Waals surface area (Å²) in [6, 6.07) is 35.8. The van der Waals surface area contributed by atoms with E-state index in [9.17, 15) is 4.79 Å². The zero-order valence-electron chi connectivity index (χ0n) is 20.6. The molecule has 0 N–H and O–H groups in total. The number of para-hydroxylation sites is 2. The van der Waals surface area contributed by atoms with Crippen LogP contribution in [-0.2, 0) is 5.41 Å². The van der Waals surface area contributed by atoms with Gasteiger partial charge in [0.05, 0.1) is 22.1 Å². The Hall–Kier alpha value is -4.63. The van der Waals surface area contributed by atoms with Gasteiger partial charge in [-0.3, -0.25) is 0 Å². The van der Waals surface area contributed by atoms with Gasteiger partial charge in [0, 0.05) is 21.6 Å². The standard InChI is InChI=1S/C34H23NO2/c1-34(2)27-15-7-5-11-21(27)25-18-26-22-12-6-8-16-29(22)35(31(26)19-28(25)34)30-17-9-14-23-20-10-3-4-13-24(20)33(36)37-32(23)30/h3-19H,1-2H3. The summed E-state index contributed by atoms with van der Waals surface area (Å²) >= 11 is 0. The van der Waals surface area contributed by atoms with Crippen molar-refractivity contribution in [3.8, 4) is 16.8 Å². The fourth-order valence-electron chi connectivity index (χ4n) is 6.49. The molecule has 5 aromatic carbocycles. The summed E-state index contributed by atoms with van der Waals surface area (Å²) in [5.41, 5.74) is 8.55. The first-order valence-corrected chi connectivity index (χ1v) is 12.7. The predicted molar refractivity (Wildman–Crippen MR) is 152 cm³/mol. The smallest absolute Gasteiger partial charge is 0.344 e. The SMILES string of the molecule is CC1(C)c2ccccc2-c2cc3c4ccccc4n(-c4cccc5c4oc(=O)c4ccccc45)c3cc21. The Morgan fingerprint density at radius 3 is 2.16 bits per heavy atom. The van der Waals surface area contributed by atoms with Gasteiger partial charge in [0.25, 0.3) is 0 Å². The van der Waals surface area contributed by atoms with Gasteiger partial charge in [0.1, 0.15) is 0 Å². The Kier molecular flexibility index (Phi) is 3.88. The summed E-state index contributed by atoms with van der Waals surface area (Å²) in [4.78, 5) is 13.0. The molecule has 0 atom stereocenters. The van der Waals surface area contributed by atoms with Crippen molar-refractivity contribution in [3.63, 3.8) is 0 Å². The first-order valence-electron chi connectivity index (χ1n) is 12.7. The minimum absolute atomic E-state index is 0.108. The van der Waals surface area contributed by atoms with E-state index in [4.69, 9.17) is 4.42 Å². The van der Waals surface area contributed by atoms with Crippen molar-refractivity contribution in [2.75, 3.05) is 0 Å². The topological polar surface area (TPSA) is 35.1 Å². The molecule has 0 aliphatic heterocycles. The lowest BCUT2D eigenvalue weighted by atomic mass is 9.82. The molecule has 0 saturated heterocycles. The van der Waals surface area contributed by atoms with Gasteiger partial charge in [-0.2, -0.15) is 0 Å². The quantitative estimate of drug-likeness (QED) is 0.176. The molecular formula is C34H23NO2. The lowest BCUT2D eigenvalue weighted by molar-refractivity contribution is 0.568. The molecule has 2 aromatic heterocycles. The molecule has 2 heterocycles. The van der Waals surface area contributed by atoms with E-state index >= 15 is 0 Å². The van der Waals surface area contributed by atoms with Crippen LogP contribution in [0.25, 0.3) is 60.4 Å². The maximum absolute atomic E-state index is 13.0. The highest BCUT2D eigenvalue weighted by Crippen LogP contribution is 2.51. The second kappa shape index (κ2) is 6.98. The summed E-state index contributed by atoms with van der Waals surface area (Å²) in [6.45, 7) is 4.61. The first-order chi connectivity index (χ1) is 18.0. The van der Waals surface area contributed by atoms with Crippen LogP contribution in [-0.4, -0.2) is 4.57 Å². The van der Waals surface area contributed by atoms with Crippen LogP contribution < -0.4 is 5.63 Å². The van der Waals surface area contributed by atoms with E-state index < -0.39 is 0 Å². The Morgan fingerprint density at radius 1 is 0.595 bits per heavy atom. The fourth-order valence-corrected chi connectivity index (χ4v) is 6.49. The van der Waals surface area contributed by atoms with Crippen molar-refractivity contribution in [2.45, 2.75) is 19.3 Å². The van der Waals surface area contributed by atoms with Gasteiger partial charge in [-0.25, -0.2) is 4.79 Å². The second-order valence-corrected chi connectivity index (χ2v) is 10.5. The molecule has 0 unspecified atom stereocenters. The number of rotatable bonds is 1. The van der Waals surface area contributed by atoms with Crippen molar-refractivity contribution >= 4 is 43.5 Å². The van der Waals surface area contributed by atoms with E-state index in [2.05, 4.69) is 91.2 Å². The number of benzene rings is 5. The van der Waals surface area contributed by atoms with Crippen LogP contribution in [0.15, 0.2) is 112 Å². The Morgan fingerprint density at radius 2 is 1.30 bits per heavy atom. The molecule has 3 nitrogen and oxygen atoms in total. The van der Waals surface area contributed by atoms with Crippen LogP contribution in [0.3, 0.4) is 0 Å². The molecule has 1 aliphatic rings. The molecule has 0 bridgehead atoms. The van der Waals surface area contributed by atoms with E-state index in [0.29, 0.717) is 11.0 Å². The molecule has 1 aliphatic carbocycles. The Balaban J connectivity index is 1.54. The van der Waals surface area contributed by atoms with E-state index in [1.54, 1.807) is 0 Å². The highest BCUT2D eigenvalue weighted by molar-refractivity contribution is 6.13. The number of nitrogens with zero attached hydrogens (tertiary/aromatic N) is 1. The summed E-state index contributed by atoms with van der Waals surface area (Å²) in [7, 11) is 0. The van der Waals surface area contributed by atoms with Gasteiger partial charge in [0.15, 0.2) is 5.58 Å². The molecule has 3 heteroatoms. The number of fused-ring (bicyclic) bond motifs is 9. The van der Waals surface area contributed by atoms with Crippen molar-refractivity contribution in [3.05, 3.63) is 125 Å². The van der Waals surface area contributed by atoms with Gasteiger partial charge in [0.2, 0.25) is 0 Å². The van der Waals surface area contributed by atoms with Crippen LogP contribution >= 0.6 is 0 Å². The zero-order valence-corrected chi connectivity index (χ0v) is 20.6. The van der Waals surface area contributed by atoms with Gasteiger partial charge >= 0.3 is 5.63 Å². The summed E-state index contributed by atoms with van der Waals surface area (Å²) in [5, 5.41) is 4.83. The summed E-state index contributed by atoms with van der Waals surface area (Å²) in [6.07, 6.45) is 0. The lowest BCUT2D eigenvalue weighted by Crippen LogP contribution is -2.15. The molecule has 0 spiro atoms. The summed E-state index contributed by atoms with van der Waals surface area (Å²) in [5.74, 6) is 0. The van der Waals surface area contributed by atoms with Crippen molar-refractivity contribution < 1.29 is 4.42 Å². The van der Waals surface area contributed by atoms with Gasteiger partial charge in [-0.15, -0.1) is 0 Å². The molecule has 37 heavy (non-hydrogen) atoms. The Labute approximate surface area is 213 Å². The average Bonchev–Trinajstić information content (AvgIpc) is 3.36. The lowest BCUT2D eigenvalue weighted by Gasteiger charge is -2.21. The number of hydrogen-bond acceptors (Lipinski definition) is 2. The Bertz CT molecular complexity index is 2140. The van der Waals surface area contributed by atoms with Crippen molar-refractivity contribution in [1.29, 1.82) is 0 Å². The third-order valence-electron chi connectivity index (χ3n) is 8.24. The van der Waals surface area contributed by atoms with E-state index in [1.807, 2.05) is 30.3 Å². The molecule has 0 saturated carbocycles. The monoisotopic (exact) mass is 477 g/mol. The van der Waals surface area contributed by atoms with Crippen molar-refractivity contribution in [2.24, 2.45) is 0 Å². The molecule has 0 fully saturated rings. The number of hydrogen-bond donors (Lipinski definition) is 0. The number of aromatic nitrogens is 1. The highest BCUT2D eigenvalue weighted by Gasteiger charge is 2.36. The van der Waals surface area contributed by atoms with Crippen LogP contribution in [0.2, 0.25) is 0 Å². The molecule has 7 aromatic rings. The fraction of sp³-hybridized carbons (Fsp3) is 0.0882. The van der Waals surface area contributed by atoms with Crippen LogP contribution in [0.1, 0.15) is 25.0 Å². The van der Waals surface area contributed by atoms with Gasteiger partial charge in [-0.1, -0.05) is 86.6 Å². The average molecular weight is 478 g/mol. The van der Waals surface area contributed by atoms with E-state index in [-0.39, 0.29) is 11.0 Å². The third kappa shape index (κ3) is 2.58. The van der Waals surface area contributed by atoms with Gasteiger partial charge < -0.3 is 8.98 Å². The maximum Gasteiger partial charge on any atom is 0.344 e. The van der Waals surface area contributed by atoms with Crippen LogP contribution in [0, 0.1) is 0 Å². The summed E-state index contributed by atoms with van der Waals surface area (Å²) < 4.78 is 8.30. The molecular weight excluding hydrogens is 454 g/mol. The van der Waals surface area contributed by atoms with Crippen LogP contribution in [0.4, 0.5) is 0 Å². The minimum atomic E-state index is -0.311. The maximum atomic E-state index is 13.0. The van der Waals surface area contributed by atoms with E-state index in [1.165, 1.54) is 33.0 Å². The highest BCUT2D eigenvalue weighted by atomic mass is 16.4. The zero-order chi connectivity index (χ0) is 24.9. The molecule has 176 valence electrons. The largest absolute Gasteiger partial charge is 0.420 e. The van der Waals surface area contributed by atoms with Gasteiger partial charge in [-0.05, 0) is 58.0 Å². The minimum Gasteiger partial charge on any atom is -0.420 e. The van der Waals surface area contributed by atoms with E-state index in [0.717, 1.165) is 27.5 Å². The second-order valence-electron chi connectivity index (χ2n) is 10.5. The molecule has 0 amide bonds. The first kappa shape index (κ1) is 20.6. The normalized spacial score (nSPS) is 14.0. The predicted octanol–water partition coefficient (Wildman–Crippen LogP) is 8.35. The molecule has 8 rings (SSSR count). The third-order valence-corrected chi connectivity index (χ3v) is 8.24. The van der Waals surface area contributed by atoms with Crippen molar-refractivity contribution in [1.82, 2.24) is 4.57 Å².